The van der Waals surface area contributed by atoms with Crippen molar-refractivity contribution < 1.29 is 8.83 Å². The van der Waals surface area contributed by atoms with E-state index in [1.807, 2.05) is 12.1 Å². The van der Waals surface area contributed by atoms with Gasteiger partial charge in [-0.25, -0.2) is 4.98 Å². The number of nitrogens with zero attached hydrogens (tertiary/aromatic N) is 3. The first-order valence-corrected chi connectivity index (χ1v) is 26.3. The lowest BCUT2D eigenvalue weighted by atomic mass is 9.92. The molecule has 358 valence electrons. The van der Waals surface area contributed by atoms with Crippen molar-refractivity contribution in [2.45, 2.75) is 5.66 Å². The highest BCUT2D eigenvalue weighted by atomic mass is 16.3. The van der Waals surface area contributed by atoms with E-state index >= 15 is 0 Å². The van der Waals surface area contributed by atoms with Crippen LogP contribution in [0.3, 0.4) is 0 Å². The Morgan fingerprint density at radius 2 is 0.623 bits per heavy atom. The van der Waals surface area contributed by atoms with E-state index in [0.717, 1.165) is 111 Å². The maximum Gasteiger partial charge on any atom is 0.176 e. The van der Waals surface area contributed by atoms with Crippen LogP contribution in [0.1, 0.15) is 11.1 Å². The van der Waals surface area contributed by atoms with Crippen LogP contribution in [0.5, 0.6) is 0 Å². The lowest BCUT2D eigenvalue weighted by Gasteiger charge is -2.39. The van der Waals surface area contributed by atoms with E-state index in [0.29, 0.717) is 0 Å². The van der Waals surface area contributed by atoms with Crippen molar-refractivity contribution in [2.24, 2.45) is 0 Å². The van der Waals surface area contributed by atoms with Crippen molar-refractivity contribution >= 4 is 87.5 Å². The summed E-state index contributed by atoms with van der Waals surface area (Å²) in [6.45, 7) is 0. The molecule has 11 aromatic carbocycles. The first-order chi connectivity index (χ1) is 38.2. The Balaban J connectivity index is 0.942. The van der Waals surface area contributed by atoms with Gasteiger partial charge in [-0.05, 0) is 130 Å². The van der Waals surface area contributed by atoms with E-state index in [9.17, 15) is 0 Å². The number of hydrogen-bond donors (Lipinski definition) is 0. The van der Waals surface area contributed by atoms with Gasteiger partial charge in [0, 0.05) is 65.3 Å². The zero-order chi connectivity index (χ0) is 50.3. The van der Waals surface area contributed by atoms with Crippen LogP contribution < -0.4 is 0 Å². The highest BCUT2D eigenvalue weighted by Gasteiger charge is 2.49. The number of para-hydroxylation sites is 5. The van der Waals surface area contributed by atoms with Gasteiger partial charge in [0.05, 0.1) is 33.5 Å². The topological polar surface area (TPSA) is 49.0 Å². The fourth-order valence-corrected chi connectivity index (χ4v) is 13.2. The summed E-state index contributed by atoms with van der Waals surface area (Å²) in [5.41, 5.74) is 20.4. The van der Waals surface area contributed by atoms with E-state index in [2.05, 4.69) is 258 Å². The number of hydrogen-bond acceptors (Lipinski definition) is 3. The molecule has 0 atom stereocenters. The molecule has 0 amide bonds. The molecule has 16 aromatic rings. The van der Waals surface area contributed by atoms with Crippen molar-refractivity contribution in [2.75, 3.05) is 0 Å². The summed E-state index contributed by atoms with van der Waals surface area (Å²) >= 11 is 0. The summed E-state index contributed by atoms with van der Waals surface area (Å²) in [5.74, 6) is 0. The molecule has 0 saturated carbocycles. The second kappa shape index (κ2) is 15.9. The van der Waals surface area contributed by atoms with E-state index in [4.69, 9.17) is 13.8 Å². The number of benzene rings is 11. The van der Waals surface area contributed by atoms with Crippen LogP contribution >= 0.6 is 0 Å². The average Bonchev–Trinajstić information content (AvgIpc) is 4.35. The number of rotatable bonds is 6. The van der Waals surface area contributed by atoms with Crippen LogP contribution in [0.15, 0.2) is 270 Å². The smallest absolute Gasteiger partial charge is 0.176 e. The molecule has 5 heteroatoms. The van der Waals surface area contributed by atoms with Gasteiger partial charge in [0.2, 0.25) is 0 Å². The molecule has 0 N–H and O–H groups in total. The molecule has 0 radical (unpaired) electrons. The maximum absolute atomic E-state index is 6.51. The van der Waals surface area contributed by atoms with Crippen molar-refractivity contribution in [3.05, 3.63) is 272 Å². The number of pyridine rings is 1. The van der Waals surface area contributed by atoms with Crippen LogP contribution in [0.25, 0.3) is 143 Å². The molecule has 0 unspecified atom stereocenters. The number of aromatic nitrogens is 3. The molecule has 0 aliphatic heterocycles. The van der Waals surface area contributed by atoms with Crippen LogP contribution in [0, 0.1) is 0 Å². The number of fused-ring (bicyclic) bond motifs is 15. The van der Waals surface area contributed by atoms with E-state index in [1.165, 1.54) is 43.8 Å². The van der Waals surface area contributed by atoms with Gasteiger partial charge >= 0.3 is 0 Å². The average molecular weight is 982 g/mol. The lowest BCUT2D eigenvalue weighted by molar-refractivity contribution is 0.415. The molecule has 1 aliphatic rings. The summed E-state index contributed by atoms with van der Waals surface area (Å²) in [7, 11) is 0. The Morgan fingerprint density at radius 1 is 0.260 bits per heavy atom. The quantitative estimate of drug-likeness (QED) is 0.167. The Hall–Kier alpha value is -10.2. The first-order valence-electron chi connectivity index (χ1n) is 26.3. The molecule has 5 aromatic heterocycles. The Kier molecular flexibility index (Phi) is 8.70. The van der Waals surface area contributed by atoms with Gasteiger partial charge in [-0.3, -0.25) is 0 Å². The van der Waals surface area contributed by atoms with E-state index in [1.54, 1.807) is 0 Å². The van der Waals surface area contributed by atoms with Crippen LogP contribution in [0.4, 0.5) is 0 Å². The van der Waals surface area contributed by atoms with Crippen molar-refractivity contribution in [3.8, 4) is 55.9 Å². The van der Waals surface area contributed by atoms with Gasteiger partial charge in [0.15, 0.2) is 5.66 Å². The van der Waals surface area contributed by atoms with Crippen molar-refractivity contribution in [1.29, 1.82) is 0 Å². The zero-order valence-corrected chi connectivity index (χ0v) is 41.5. The molecular formula is C72H43N3O2. The largest absolute Gasteiger partial charge is 0.456 e. The van der Waals surface area contributed by atoms with Gasteiger partial charge < -0.3 is 18.0 Å². The highest BCUT2D eigenvalue weighted by Crippen LogP contribution is 2.57. The van der Waals surface area contributed by atoms with Gasteiger partial charge in [-0.2, -0.15) is 0 Å². The monoisotopic (exact) mass is 981 g/mol. The van der Waals surface area contributed by atoms with Gasteiger partial charge in [0.1, 0.15) is 22.3 Å². The molecule has 0 fully saturated rings. The minimum Gasteiger partial charge on any atom is -0.456 e. The standard InChI is InChI=1S/C72H43N3O2/c1-2-15-44(16-3-1)45-31-36-70-58(40-45)59-41-47(32-37-71(59)77-70)46-29-34-60-55(39-46)56-42-48(62-22-14-23-63(73-62)49-33-38-69-57(43-49)54-21-8-13-28-68(54)76-69)30-35-61(56)72(60,74-64-24-9-4-17-50(64)51-18-5-10-25-65(51)74)75-66-26-11-6-19-52(66)53-20-7-12-27-67(53)75/h1-43H. The molecular weight excluding hydrogens is 939 g/mol. The normalized spacial score (nSPS) is 13.0. The second-order valence-corrected chi connectivity index (χ2v) is 20.5. The summed E-state index contributed by atoms with van der Waals surface area (Å²) in [6, 6.07) is 94.8. The molecule has 0 bridgehead atoms. The summed E-state index contributed by atoms with van der Waals surface area (Å²) in [5, 5.41) is 9.23. The van der Waals surface area contributed by atoms with Crippen molar-refractivity contribution in [3.63, 3.8) is 0 Å². The lowest BCUT2D eigenvalue weighted by Crippen LogP contribution is -2.41. The van der Waals surface area contributed by atoms with E-state index < -0.39 is 5.66 Å². The minimum absolute atomic E-state index is 0.868. The Morgan fingerprint density at radius 3 is 1.17 bits per heavy atom. The molecule has 77 heavy (non-hydrogen) atoms. The van der Waals surface area contributed by atoms with Crippen LogP contribution in [0.2, 0.25) is 0 Å². The highest BCUT2D eigenvalue weighted by molar-refractivity contribution is 6.13. The fraction of sp³-hybridized carbons (Fsp3) is 0.0139. The van der Waals surface area contributed by atoms with Gasteiger partial charge in [-0.15, -0.1) is 0 Å². The Labute approximate surface area is 441 Å². The third-order valence-electron chi connectivity index (χ3n) is 16.5. The third-order valence-corrected chi connectivity index (χ3v) is 16.5. The second-order valence-electron chi connectivity index (χ2n) is 20.5. The van der Waals surface area contributed by atoms with E-state index in [-0.39, 0.29) is 0 Å². The summed E-state index contributed by atoms with van der Waals surface area (Å²) < 4.78 is 18.0. The van der Waals surface area contributed by atoms with Crippen molar-refractivity contribution in [1.82, 2.24) is 14.1 Å². The molecule has 0 saturated heterocycles. The van der Waals surface area contributed by atoms with Crippen LogP contribution in [-0.4, -0.2) is 14.1 Å². The maximum atomic E-state index is 6.51. The molecule has 0 spiro atoms. The van der Waals surface area contributed by atoms with Crippen LogP contribution in [-0.2, 0) is 5.66 Å². The Bertz CT molecular complexity index is 4910. The zero-order valence-electron chi connectivity index (χ0n) is 41.5. The molecule has 5 nitrogen and oxygen atoms in total. The summed E-state index contributed by atoms with van der Waals surface area (Å²) in [6.07, 6.45) is 0. The first kappa shape index (κ1) is 42.2. The SMILES string of the molecule is c1ccc(-c2ccc3oc4ccc(-c5ccc6c(c5)-c5cc(-c7cccc(-c8ccc9oc%10ccccc%10c9c8)n7)ccc5C6(n5c6ccccc6c6ccccc65)n5c6ccccc6c6ccccc65)cc4c3c2)cc1. The van der Waals surface area contributed by atoms with Gasteiger partial charge in [0.25, 0.3) is 0 Å². The predicted octanol–water partition coefficient (Wildman–Crippen LogP) is 19.0. The predicted molar refractivity (Wildman–Crippen MR) is 316 cm³/mol. The third kappa shape index (κ3) is 5.96. The number of furan rings is 2. The minimum atomic E-state index is -0.913. The summed E-state index contributed by atoms with van der Waals surface area (Å²) in [4.78, 5) is 5.46. The van der Waals surface area contributed by atoms with Gasteiger partial charge in [-0.1, -0.05) is 164 Å². The molecule has 5 heterocycles. The molecule has 1 aliphatic carbocycles. The molecule has 17 rings (SSSR count). The fourth-order valence-electron chi connectivity index (χ4n) is 13.2.